The second kappa shape index (κ2) is 9.80. The van der Waals surface area contributed by atoms with Gasteiger partial charge in [-0.3, -0.25) is 0 Å². The van der Waals surface area contributed by atoms with Crippen molar-refractivity contribution in [3.05, 3.63) is 0 Å². The molecule has 1 nitrogen and oxygen atoms in total. The number of unbranched alkanes of at least 4 members (excludes halogenated alkanes) is 2. The van der Waals surface area contributed by atoms with Crippen molar-refractivity contribution < 1.29 is 17.9 Å². The van der Waals surface area contributed by atoms with E-state index in [9.17, 15) is 13.2 Å². The average molecular weight is 379 g/mol. The molecule has 0 bridgehead atoms. The van der Waals surface area contributed by atoms with E-state index in [0.717, 1.165) is 25.7 Å². The van der Waals surface area contributed by atoms with Crippen LogP contribution < -0.4 is 0 Å². The highest BCUT2D eigenvalue weighted by Crippen LogP contribution is 2.47. The van der Waals surface area contributed by atoms with Crippen molar-refractivity contribution in [3.8, 4) is 0 Å². The lowest BCUT2D eigenvalue weighted by atomic mass is 9.75. The molecule has 0 saturated heterocycles. The number of rotatable bonds is 10. The minimum absolute atomic E-state index is 0.260. The third-order valence-electron chi connectivity index (χ3n) is 5.71. The first-order valence-corrected chi connectivity index (χ1v) is 10.5. The van der Waals surface area contributed by atoms with Gasteiger partial charge >= 0.3 is 6.18 Å². The van der Waals surface area contributed by atoms with Crippen LogP contribution in [-0.2, 0) is 4.74 Å². The molecule has 0 spiro atoms. The van der Waals surface area contributed by atoms with Gasteiger partial charge in [-0.15, -0.1) is 0 Å². The largest absolute Gasteiger partial charge is 0.411 e. The Labute approximate surface area is 159 Å². The number of alkyl halides is 3. The molecule has 0 heterocycles. The van der Waals surface area contributed by atoms with Crippen molar-refractivity contribution >= 4 is 0 Å². The number of hydrogen-bond donors (Lipinski definition) is 0. The zero-order valence-corrected chi connectivity index (χ0v) is 17.8. The van der Waals surface area contributed by atoms with E-state index in [-0.39, 0.29) is 23.4 Å². The molecular weight excluding hydrogens is 337 g/mol. The lowest BCUT2D eigenvalue weighted by Crippen LogP contribution is -2.25. The Morgan fingerprint density at radius 2 is 1.50 bits per heavy atom. The third kappa shape index (κ3) is 10.2. The van der Waals surface area contributed by atoms with Crippen LogP contribution in [0.1, 0.15) is 92.9 Å². The molecule has 0 aromatic heterocycles. The summed E-state index contributed by atoms with van der Waals surface area (Å²) in [5.74, 6) is 1.38. The van der Waals surface area contributed by atoms with Crippen molar-refractivity contribution in [2.75, 3.05) is 13.2 Å². The molecule has 1 aliphatic rings. The van der Waals surface area contributed by atoms with Crippen molar-refractivity contribution in [1.82, 2.24) is 0 Å². The third-order valence-corrected chi connectivity index (χ3v) is 5.71. The van der Waals surface area contributed by atoms with Crippen LogP contribution in [0.15, 0.2) is 0 Å². The lowest BCUT2D eigenvalue weighted by Gasteiger charge is -2.31. The van der Waals surface area contributed by atoms with E-state index in [4.69, 9.17) is 4.74 Å². The monoisotopic (exact) mass is 378 g/mol. The fraction of sp³-hybridized carbons (Fsp3) is 1.00. The van der Waals surface area contributed by atoms with Crippen LogP contribution in [0.3, 0.4) is 0 Å². The van der Waals surface area contributed by atoms with Gasteiger partial charge in [0.05, 0.1) is 6.61 Å². The lowest BCUT2D eigenvalue weighted by molar-refractivity contribution is -0.177. The molecule has 0 radical (unpaired) electrons. The summed E-state index contributed by atoms with van der Waals surface area (Å²) >= 11 is 0. The molecule has 4 heteroatoms. The normalized spacial score (nSPS) is 25.0. The molecule has 1 aliphatic carbocycles. The Morgan fingerprint density at radius 3 is 2.04 bits per heavy atom. The van der Waals surface area contributed by atoms with Crippen LogP contribution in [0.4, 0.5) is 13.2 Å². The van der Waals surface area contributed by atoms with E-state index >= 15 is 0 Å². The number of halogens is 3. The Morgan fingerprint density at radius 1 is 0.885 bits per heavy atom. The maximum Gasteiger partial charge on any atom is 0.411 e. The molecule has 1 fully saturated rings. The van der Waals surface area contributed by atoms with Crippen LogP contribution in [0.5, 0.6) is 0 Å². The molecule has 0 aromatic carbocycles. The predicted molar refractivity (Wildman–Crippen MR) is 103 cm³/mol. The molecule has 1 rings (SSSR count). The van der Waals surface area contributed by atoms with Gasteiger partial charge in [-0.25, -0.2) is 0 Å². The summed E-state index contributed by atoms with van der Waals surface area (Å²) in [4.78, 5) is 0. The molecule has 0 N–H and O–H groups in total. The maximum absolute atomic E-state index is 12.4. The summed E-state index contributed by atoms with van der Waals surface area (Å²) in [5.41, 5.74) is 0.534. The Kier molecular flexibility index (Phi) is 8.96. The van der Waals surface area contributed by atoms with Gasteiger partial charge in [0.2, 0.25) is 0 Å². The summed E-state index contributed by atoms with van der Waals surface area (Å²) in [6.07, 6.45) is 5.14. The second-order valence-corrected chi connectivity index (χ2v) is 10.6. The summed E-state index contributed by atoms with van der Waals surface area (Å²) in [7, 11) is 0. The van der Waals surface area contributed by atoms with E-state index in [1.165, 1.54) is 25.7 Å². The molecule has 156 valence electrons. The van der Waals surface area contributed by atoms with Crippen molar-refractivity contribution in [3.63, 3.8) is 0 Å². The first kappa shape index (κ1) is 23.8. The quantitative estimate of drug-likeness (QED) is 0.355. The highest BCUT2D eigenvalue weighted by atomic mass is 19.4. The first-order chi connectivity index (χ1) is 11.8. The van der Waals surface area contributed by atoms with Crippen LogP contribution in [0, 0.1) is 28.6 Å². The first-order valence-electron chi connectivity index (χ1n) is 10.5. The Balaban J connectivity index is 2.65. The summed E-state index contributed by atoms with van der Waals surface area (Å²) in [6.45, 7) is 12.8. The topological polar surface area (TPSA) is 9.23 Å². The van der Waals surface area contributed by atoms with E-state index in [1.54, 1.807) is 0 Å². The molecule has 0 amide bonds. The minimum Gasteiger partial charge on any atom is -0.372 e. The molecular formula is C22H41F3O. The van der Waals surface area contributed by atoms with E-state index in [0.29, 0.717) is 11.8 Å². The van der Waals surface area contributed by atoms with Gasteiger partial charge < -0.3 is 4.74 Å². The summed E-state index contributed by atoms with van der Waals surface area (Å²) in [5, 5.41) is 0. The van der Waals surface area contributed by atoms with Gasteiger partial charge in [-0.1, -0.05) is 60.8 Å². The zero-order chi connectivity index (χ0) is 20.0. The summed E-state index contributed by atoms with van der Waals surface area (Å²) < 4.78 is 42.4. The van der Waals surface area contributed by atoms with Gasteiger partial charge in [0, 0.05) is 0 Å². The van der Waals surface area contributed by atoms with Gasteiger partial charge in [0.25, 0.3) is 0 Å². The Hall–Kier alpha value is -0.250. The number of hydrogen-bond acceptors (Lipinski definition) is 1. The SMILES string of the molecule is CCCCCC(C)(C)CC1CC(CC(C)(C)C)CC1COCC(F)(F)F. The van der Waals surface area contributed by atoms with E-state index in [1.807, 2.05) is 0 Å². The standard InChI is InChI=1S/C22H41F3O/c1-7-8-9-10-21(5,6)14-18-11-17(13-20(2,3)4)12-19(18)15-26-16-22(23,24)25/h17-19H,7-16H2,1-6H3. The van der Waals surface area contributed by atoms with E-state index in [2.05, 4.69) is 41.5 Å². The summed E-state index contributed by atoms with van der Waals surface area (Å²) in [6, 6.07) is 0. The Bertz CT molecular complexity index is 395. The van der Waals surface area contributed by atoms with Gasteiger partial charge in [-0.05, 0) is 60.7 Å². The van der Waals surface area contributed by atoms with Crippen LogP contribution in [0.2, 0.25) is 0 Å². The fourth-order valence-electron chi connectivity index (χ4n) is 4.82. The molecule has 1 saturated carbocycles. The highest BCUT2D eigenvalue weighted by Gasteiger charge is 2.39. The average Bonchev–Trinajstić information content (AvgIpc) is 2.76. The predicted octanol–water partition coefficient (Wildman–Crippen LogP) is 7.64. The van der Waals surface area contributed by atoms with Crippen LogP contribution in [0.25, 0.3) is 0 Å². The van der Waals surface area contributed by atoms with E-state index < -0.39 is 12.8 Å². The smallest absolute Gasteiger partial charge is 0.372 e. The minimum atomic E-state index is -4.22. The molecule has 26 heavy (non-hydrogen) atoms. The van der Waals surface area contributed by atoms with Crippen LogP contribution >= 0.6 is 0 Å². The van der Waals surface area contributed by atoms with Gasteiger partial charge in [0.15, 0.2) is 0 Å². The molecule has 3 unspecified atom stereocenters. The van der Waals surface area contributed by atoms with Crippen molar-refractivity contribution in [2.24, 2.45) is 28.6 Å². The maximum atomic E-state index is 12.4. The van der Waals surface area contributed by atoms with Gasteiger partial charge in [0.1, 0.15) is 6.61 Å². The van der Waals surface area contributed by atoms with Crippen molar-refractivity contribution in [2.45, 2.75) is 99.1 Å². The highest BCUT2D eigenvalue weighted by molar-refractivity contribution is 4.88. The molecule has 0 aliphatic heterocycles. The van der Waals surface area contributed by atoms with Crippen molar-refractivity contribution in [1.29, 1.82) is 0 Å². The van der Waals surface area contributed by atoms with Gasteiger partial charge in [-0.2, -0.15) is 13.2 Å². The zero-order valence-electron chi connectivity index (χ0n) is 17.8. The molecule has 3 atom stereocenters. The second-order valence-electron chi connectivity index (χ2n) is 10.6. The fourth-order valence-corrected chi connectivity index (χ4v) is 4.82. The number of ether oxygens (including phenoxy) is 1. The van der Waals surface area contributed by atoms with Crippen LogP contribution in [-0.4, -0.2) is 19.4 Å². The molecule has 0 aromatic rings.